The van der Waals surface area contributed by atoms with E-state index in [4.69, 9.17) is 4.74 Å². The molecule has 0 bridgehead atoms. The second kappa shape index (κ2) is 9.41. The highest BCUT2D eigenvalue weighted by Gasteiger charge is 2.27. The molecular formula is C24H28N2O3. The highest BCUT2D eigenvalue weighted by atomic mass is 16.5. The first-order valence-corrected chi connectivity index (χ1v) is 10.0. The third kappa shape index (κ3) is 5.05. The van der Waals surface area contributed by atoms with Crippen molar-refractivity contribution in [1.82, 2.24) is 10.2 Å². The van der Waals surface area contributed by atoms with Crippen LogP contribution in [-0.4, -0.2) is 35.9 Å². The number of nitrogens with one attached hydrogen (secondary N) is 1. The van der Waals surface area contributed by atoms with E-state index in [-0.39, 0.29) is 24.0 Å². The Morgan fingerprint density at radius 3 is 2.34 bits per heavy atom. The van der Waals surface area contributed by atoms with Gasteiger partial charge in [-0.05, 0) is 38.0 Å². The van der Waals surface area contributed by atoms with E-state index in [1.165, 1.54) is 4.90 Å². The number of nitrogens with zero attached hydrogens (tertiary/aromatic N) is 1. The molecule has 29 heavy (non-hydrogen) atoms. The number of hydrogen-bond acceptors (Lipinski definition) is 3. The van der Waals surface area contributed by atoms with Crippen LogP contribution < -0.4 is 10.1 Å². The first-order valence-electron chi connectivity index (χ1n) is 10.0. The standard InChI is InChI=1S/C24H28N2O3/c1-17-11-7-9-15-21(19-12-5-4-6-13-19)25-23(27)18(2)26(3)24(28)20-14-8-10-16-22(20)29-17/h4-10,12-14,16-18,21H,11,15H2,1-3H3,(H,25,27)/b9-7-/t17-,18-,21+/m1/s1. The topological polar surface area (TPSA) is 58.6 Å². The molecule has 0 unspecified atom stereocenters. The Labute approximate surface area is 172 Å². The summed E-state index contributed by atoms with van der Waals surface area (Å²) in [5, 5.41) is 3.11. The number of fused-ring (bicyclic) bond motifs is 1. The number of amides is 2. The molecule has 152 valence electrons. The van der Waals surface area contributed by atoms with Crippen LogP contribution in [0.5, 0.6) is 5.75 Å². The van der Waals surface area contributed by atoms with E-state index in [9.17, 15) is 9.59 Å². The predicted molar refractivity (Wildman–Crippen MR) is 114 cm³/mol. The van der Waals surface area contributed by atoms with Gasteiger partial charge in [0.25, 0.3) is 5.91 Å². The lowest BCUT2D eigenvalue weighted by Crippen LogP contribution is -2.47. The maximum absolute atomic E-state index is 13.1. The van der Waals surface area contributed by atoms with Gasteiger partial charge >= 0.3 is 0 Å². The second-order valence-electron chi connectivity index (χ2n) is 7.43. The minimum absolute atomic E-state index is 0.0735. The quantitative estimate of drug-likeness (QED) is 0.743. The zero-order valence-corrected chi connectivity index (χ0v) is 17.2. The fraction of sp³-hybridized carbons (Fsp3) is 0.333. The zero-order valence-electron chi connectivity index (χ0n) is 17.2. The van der Waals surface area contributed by atoms with Crippen LogP contribution in [0.25, 0.3) is 0 Å². The smallest absolute Gasteiger partial charge is 0.258 e. The molecule has 2 amide bonds. The summed E-state index contributed by atoms with van der Waals surface area (Å²) in [6.45, 7) is 3.73. The average Bonchev–Trinajstić information content (AvgIpc) is 2.74. The van der Waals surface area contributed by atoms with Crippen molar-refractivity contribution in [1.29, 1.82) is 0 Å². The molecule has 2 aromatic carbocycles. The summed E-state index contributed by atoms with van der Waals surface area (Å²) < 4.78 is 6.03. The van der Waals surface area contributed by atoms with Crippen LogP contribution in [0.3, 0.4) is 0 Å². The summed E-state index contributed by atoms with van der Waals surface area (Å²) >= 11 is 0. The number of hydrogen-bond donors (Lipinski definition) is 1. The molecule has 0 saturated carbocycles. The van der Waals surface area contributed by atoms with Crippen molar-refractivity contribution in [3.05, 3.63) is 77.9 Å². The number of para-hydroxylation sites is 1. The van der Waals surface area contributed by atoms with Crippen LogP contribution in [-0.2, 0) is 4.79 Å². The summed E-state index contributed by atoms with van der Waals surface area (Å²) in [5.74, 6) is 0.114. The number of carbonyl (C=O) groups excluding carboxylic acids is 2. The van der Waals surface area contributed by atoms with Gasteiger partial charge in [0.15, 0.2) is 0 Å². The van der Waals surface area contributed by atoms with Crippen LogP contribution >= 0.6 is 0 Å². The highest BCUT2D eigenvalue weighted by Crippen LogP contribution is 2.24. The molecule has 3 rings (SSSR count). The third-order valence-electron chi connectivity index (χ3n) is 5.25. The van der Waals surface area contributed by atoms with E-state index in [1.54, 1.807) is 32.2 Å². The fourth-order valence-corrected chi connectivity index (χ4v) is 3.33. The Hall–Kier alpha value is -3.08. The molecule has 0 spiro atoms. The van der Waals surface area contributed by atoms with Crippen LogP contribution in [0.2, 0.25) is 0 Å². The van der Waals surface area contributed by atoms with Gasteiger partial charge in [0.1, 0.15) is 11.8 Å². The molecule has 0 radical (unpaired) electrons. The van der Waals surface area contributed by atoms with Crippen LogP contribution in [0, 0.1) is 0 Å². The Morgan fingerprint density at radius 2 is 1.59 bits per heavy atom. The van der Waals surface area contributed by atoms with Gasteiger partial charge in [0.2, 0.25) is 5.91 Å². The fourth-order valence-electron chi connectivity index (χ4n) is 3.33. The monoisotopic (exact) mass is 392 g/mol. The van der Waals surface area contributed by atoms with Gasteiger partial charge in [0.05, 0.1) is 17.7 Å². The molecule has 1 aliphatic heterocycles. The number of rotatable bonds is 1. The molecule has 1 heterocycles. The van der Waals surface area contributed by atoms with Crippen LogP contribution in [0.4, 0.5) is 0 Å². The van der Waals surface area contributed by atoms with Gasteiger partial charge in [-0.3, -0.25) is 9.59 Å². The summed E-state index contributed by atoms with van der Waals surface area (Å²) in [6, 6.07) is 16.3. The van der Waals surface area contributed by atoms with Gasteiger partial charge in [-0.2, -0.15) is 0 Å². The van der Waals surface area contributed by atoms with Crippen molar-refractivity contribution in [2.75, 3.05) is 7.05 Å². The average molecular weight is 392 g/mol. The predicted octanol–water partition coefficient (Wildman–Crippen LogP) is 4.12. The van der Waals surface area contributed by atoms with Gasteiger partial charge in [-0.25, -0.2) is 0 Å². The number of carbonyl (C=O) groups is 2. The maximum atomic E-state index is 13.1. The van der Waals surface area contributed by atoms with Crippen molar-refractivity contribution in [3.63, 3.8) is 0 Å². The summed E-state index contributed by atoms with van der Waals surface area (Å²) in [7, 11) is 1.65. The first kappa shape index (κ1) is 20.6. The molecular weight excluding hydrogens is 364 g/mol. The van der Waals surface area contributed by atoms with E-state index < -0.39 is 6.04 Å². The van der Waals surface area contributed by atoms with Gasteiger partial charge in [-0.1, -0.05) is 54.6 Å². The van der Waals surface area contributed by atoms with Gasteiger partial charge in [0, 0.05) is 13.5 Å². The lowest BCUT2D eigenvalue weighted by Gasteiger charge is -2.28. The van der Waals surface area contributed by atoms with E-state index >= 15 is 0 Å². The lowest BCUT2D eigenvalue weighted by atomic mass is 10.0. The van der Waals surface area contributed by atoms with E-state index in [0.29, 0.717) is 24.2 Å². The molecule has 1 N–H and O–H groups in total. The van der Waals surface area contributed by atoms with Crippen molar-refractivity contribution in [3.8, 4) is 5.75 Å². The highest BCUT2D eigenvalue weighted by molar-refractivity contribution is 5.99. The number of likely N-dealkylation sites (N-methyl/N-ethyl adjacent to an activating group) is 1. The molecule has 2 aromatic rings. The Kier molecular flexibility index (Phi) is 6.70. The lowest BCUT2D eigenvalue weighted by molar-refractivity contribution is -0.125. The minimum atomic E-state index is -0.619. The summed E-state index contributed by atoms with van der Waals surface area (Å²) in [4.78, 5) is 27.5. The Balaban J connectivity index is 1.92. The number of ether oxygens (including phenoxy) is 1. The van der Waals surface area contributed by atoms with E-state index in [2.05, 4.69) is 17.5 Å². The molecule has 0 fully saturated rings. The number of benzene rings is 2. The SMILES string of the molecule is C[C@@H]1C/C=C\C[C@@H](c2ccccc2)NC(=O)[C@@H](C)N(C)C(=O)c2ccccc2O1. The first-order chi connectivity index (χ1) is 14.0. The van der Waals surface area contributed by atoms with E-state index in [0.717, 1.165) is 5.56 Å². The largest absolute Gasteiger partial charge is 0.490 e. The van der Waals surface area contributed by atoms with Crippen molar-refractivity contribution in [2.24, 2.45) is 0 Å². The second-order valence-corrected chi connectivity index (χ2v) is 7.43. The molecule has 5 heteroatoms. The molecule has 0 saturated heterocycles. The summed E-state index contributed by atoms with van der Waals surface area (Å²) in [6.07, 6.45) is 5.46. The van der Waals surface area contributed by atoms with Crippen LogP contribution in [0.15, 0.2) is 66.7 Å². The van der Waals surface area contributed by atoms with Crippen molar-refractivity contribution >= 4 is 11.8 Å². The molecule has 5 nitrogen and oxygen atoms in total. The Bertz CT molecular complexity index is 879. The minimum Gasteiger partial charge on any atom is -0.490 e. The van der Waals surface area contributed by atoms with Gasteiger partial charge in [-0.15, -0.1) is 0 Å². The molecule has 0 aliphatic carbocycles. The molecule has 0 aromatic heterocycles. The Morgan fingerprint density at radius 1 is 0.931 bits per heavy atom. The normalized spacial score (nSPS) is 24.7. The molecule has 3 atom stereocenters. The molecule has 1 aliphatic rings. The van der Waals surface area contributed by atoms with Crippen LogP contribution in [0.1, 0.15) is 48.7 Å². The summed E-state index contributed by atoms with van der Waals surface area (Å²) in [5.41, 5.74) is 1.50. The van der Waals surface area contributed by atoms with Crippen molar-refractivity contribution < 1.29 is 14.3 Å². The van der Waals surface area contributed by atoms with Crippen molar-refractivity contribution in [2.45, 2.75) is 44.9 Å². The maximum Gasteiger partial charge on any atom is 0.258 e. The van der Waals surface area contributed by atoms with Gasteiger partial charge < -0.3 is 15.0 Å². The van der Waals surface area contributed by atoms with E-state index in [1.807, 2.05) is 43.3 Å². The third-order valence-corrected chi connectivity index (χ3v) is 5.25. The zero-order chi connectivity index (χ0) is 20.8.